The van der Waals surface area contributed by atoms with Gasteiger partial charge in [0.15, 0.2) is 0 Å². The van der Waals surface area contributed by atoms with Crippen LogP contribution < -0.4 is 0 Å². The molecule has 3 rings (SSSR count). The van der Waals surface area contributed by atoms with Crippen LogP contribution >= 0.6 is 11.6 Å². The maximum absolute atomic E-state index is 10.9. The van der Waals surface area contributed by atoms with E-state index in [4.69, 9.17) is 11.6 Å². The van der Waals surface area contributed by atoms with Crippen molar-refractivity contribution in [1.82, 2.24) is 4.90 Å². The van der Waals surface area contributed by atoms with E-state index in [1.807, 2.05) is 6.07 Å². The minimum absolute atomic E-state index is 0.0124. The number of piperidine rings is 1. The zero-order valence-electron chi connectivity index (χ0n) is 12.2. The molecule has 1 aromatic carbocycles. The highest BCUT2D eigenvalue weighted by Crippen LogP contribution is 2.46. The van der Waals surface area contributed by atoms with Gasteiger partial charge in [-0.05, 0) is 55.8 Å². The average molecular weight is 309 g/mol. The first-order valence-electron chi connectivity index (χ1n) is 7.73. The number of nitro benzene ring substituents is 1. The zero-order valence-corrected chi connectivity index (χ0v) is 12.9. The Morgan fingerprint density at radius 1 is 1.19 bits per heavy atom. The molecule has 1 heterocycles. The summed E-state index contributed by atoms with van der Waals surface area (Å²) in [4.78, 5) is 12.9. The van der Waals surface area contributed by atoms with Gasteiger partial charge < -0.3 is 0 Å². The number of nitro groups is 1. The number of nitrogens with zero attached hydrogens (tertiary/aromatic N) is 2. The number of halogens is 1. The third-order valence-corrected chi connectivity index (χ3v) is 5.51. The number of likely N-dealkylation sites (tertiary alicyclic amines) is 1. The van der Waals surface area contributed by atoms with Crippen LogP contribution in [-0.4, -0.2) is 22.9 Å². The molecule has 1 saturated heterocycles. The Labute approximate surface area is 130 Å². The summed E-state index contributed by atoms with van der Waals surface area (Å²) in [5.74, 6) is 0. The molecule has 1 saturated carbocycles. The van der Waals surface area contributed by atoms with Crippen molar-refractivity contribution in [2.45, 2.75) is 45.1 Å². The Balaban J connectivity index is 1.63. The Kier molecular flexibility index (Phi) is 4.18. The van der Waals surface area contributed by atoms with Gasteiger partial charge in [-0.25, -0.2) is 0 Å². The number of hydrogen-bond acceptors (Lipinski definition) is 3. The van der Waals surface area contributed by atoms with Gasteiger partial charge in [0.25, 0.3) is 5.69 Å². The first-order chi connectivity index (χ1) is 10.1. The Bertz CT molecular complexity index is 531. The normalized spacial score (nSPS) is 21.8. The first-order valence-corrected chi connectivity index (χ1v) is 8.11. The Hall–Kier alpha value is -1.13. The van der Waals surface area contributed by atoms with Crippen molar-refractivity contribution in [3.05, 3.63) is 38.9 Å². The molecular formula is C16H21ClN2O2. The van der Waals surface area contributed by atoms with E-state index in [9.17, 15) is 10.1 Å². The molecule has 0 N–H and O–H groups in total. The molecule has 2 aliphatic rings. The van der Waals surface area contributed by atoms with Crippen molar-refractivity contribution >= 4 is 17.3 Å². The van der Waals surface area contributed by atoms with Crippen LogP contribution in [0.2, 0.25) is 5.02 Å². The van der Waals surface area contributed by atoms with E-state index in [0.717, 1.165) is 25.2 Å². The summed E-state index contributed by atoms with van der Waals surface area (Å²) in [5, 5.41) is 11.2. The highest BCUT2D eigenvalue weighted by Gasteiger charge is 2.36. The minimum Gasteiger partial charge on any atom is -0.299 e. The van der Waals surface area contributed by atoms with E-state index in [2.05, 4.69) is 4.90 Å². The van der Waals surface area contributed by atoms with E-state index in [-0.39, 0.29) is 10.7 Å². The lowest BCUT2D eigenvalue weighted by Gasteiger charge is -2.39. The number of rotatable bonds is 3. The van der Waals surface area contributed by atoms with Crippen LogP contribution in [0.4, 0.5) is 5.69 Å². The fourth-order valence-electron chi connectivity index (χ4n) is 3.87. The maximum Gasteiger partial charge on any atom is 0.288 e. The monoisotopic (exact) mass is 308 g/mol. The van der Waals surface area contributed by atoms with Crippen molar-refractivity contribution in [2.24, 2.45) is 5.41 Å². The Morgan fingerprint density at radius 2 is 1.86 bits per heavy atom. The molecule has 5 heteroatoms. The molecule has 0 bridgehead atoms. The van der Waals surface area contributed by atoms with Crippen LogP contribution in [0.1, 0.15) is 44.1 Å². The summed E-state index contributed by atoms with van der Waals surface area (Å²) in [6.45, 7) is 3.00. The summed E-state index contributed by atoms with van der Waals surface area (Å²) in [6, 6.07) is 5.15. The summed E-state index contributed by atoms with van der Waals surface area (Å²) < 4.78 is 0. The van der Waals surface area contributed by atoms with E-state index in [1.54, 1.807) is 12.1 Å². The standard InChI is InChI=1S/C16H21ClN2O2/c17-14-4-3-13(11-15(14)19(20)21)12-18-9-7-16(8-10-18)5-1-2-6-16/h3-4,11H,1-2,5-10,12H2. The second-order valence-corrected chi connectivity index (χ2v) is 6.93. The van der Waals surface area contributed by atoms with Crippen LogP contribution in [0.5, 0.6) is 0 Å². The van der Waals surface area contributed by atoms with Crippen molar-refractivity contribution in [1.29, 1.82) is 0 Å². The van der Waals surface area contributed by atoms with Gasteiger partial charge in [0.05, 0.1) is 4.92 Å². The van der Waals surface area contributed by atoms with E-state index < -0.39 is 4.92 Å². The minimum atomic E-state index is -0.407. The van der Waals surface area contributed by atoms with Crippen molar-refractivity contribution in [3.63, 3.8) is 0 Å². The van der Waals surface area contributed by atoms with Gasteiger partial charge in [0.2, 0.25) is 0 Å². The van der Waals surface area contributed by atoms with E-state index in [1.165, 1.54) is 38.5 Å². The van der Waals surface area contributed by atoms with Crippen molar-refractivity contribution in [3.8, 4) is 0 Å². The summed E-state index contributed by atoms with van der Waals surface area (Å²) in [7, 11) is 0. The molecular weight excluding hydrogens is 288 g/mol. The lowest BCUT2D eigenvalue weighted by atomic mass is 9.77. The summed E-state index contributed by atoms with van der Waals surface area (Å²) >= 11 is 5.86. The molecule has 4 nitrogen and oxygen atoms in total. The van der Waals surface area contributed by atoms with Gasteiger partial charge in [0, 0.05) is 12.6 Å². The highest BCUT2D eigenvalue weighted by molar-refractivity contribution is 6.32. The SMILES string of the molecule is O=[N+]([O-])c1cc(CN2CCC3(CCCC3)CC2)ccc1Cl. The summed E-state index contributed by atoms with van der Waals surface area (Å²) in [5.41, 5.74) is 1.61. The van der Waals surface area contributed by atoms with Crippen molar-refractivity contribution < 1.29 is 4.92 Å². The molecule has 0 radical (unpaired) electrons. The van der Waals surface area contributed by atoms with Crippen LogP contribution in [0.25, 0.3) is 0 Å². The predicted octanol–water partition coefficient (Wildman–Crippen LogP) is 4.40. The fraction of sp³-hybridized carbons (Fsp3) is 0.625. The number of hydrogen-bond donors (Lipinski definition) is 0. The molecule has 114 valence electrons. The second-order valence-electron chi connectivity index (χ2n) is 6.53. The summed E-state index contributed by atoms with van der Waals surface area (Å²) in [6.07, 6.45) is 8.14. The maximum atomic E-state index is 10.9. The molecule has 0 amide bonds. The topological polar surface area (TPSA) is 46.4 Å². The van der Waals surface area contributed by atoms with Gasteiger partial charge in [-0.15, -0.1) is 0 Å². The average Bonchev–Trinajstić information content (AvgIpc) is 2.92. The quantitative estimate of drug-likeness (QED) is 0.614. The molecule has 0 unspecified atom stereocenters. The molecule has 1 aromatic rings. The van der Waals surface area contributed by atoms with Gasteiger partial charge in [-0.3, -0.25) is 15.0 Å². The third-order valence-electron chi connectivity index (χ3n) is 5.19. The van der Waals surface area contributed by atoms with Gasteiger partial charge in [-0.2, -0.15) is 0 Å². The van der Waals surface area contributed by atoms with Crippen LogP contribution in [-0.2, 0) is 6.54 Å². The molecule has 1 spiro atoms. The fourth-order valence-corrected chi connectivity index (χ4v) is 4.05. The van der Waals surface area contributed by atoms with Crippen LogP contribution in [0.3, 0.4) is 0 Å². The highest BCUT2D eigenvalue weighted by atomic mass is 35.5. The lowest BCUT2D eigenvalue weighted by Crippen LogP contribution is -2.38. The molecule has 0 atom stereocenters. The van der Waals surface area contributed by atoms with Crippen LogP contribution in [0, 0.1) is 15.5 Å². The molecule has 1 aliphatic carbocycles. The number of benzene rings is 1. The molecule has 21 heavy (non-hydrogen) atoms. The van der Waals surface area contributed by atoms with Crippen molar-refractivity contribution in [2.75, 3.05) is 13.1 Å². The van der Waals surface area contributed by atoms with E-state index in [0.29, 0.717) is 5.41 Å². The molecule has 0 aromatic heterocycles. The lowest BCUT2D eigenvalue weighted by molar-refractivity contribution is -0.384. The zero-order chi connectivity index (χ0) is 14.9. The van der Waals surface area contributed by atoms with Gasteiger partial charge in [-0.1, -0.05) is 30.5 Å². The predicted molar refractivity (Wildman–Crippen MR) is 83.5 cm³/mol. The van der Waals surface area contributed by atoms with Crippen LogP contribution in [0.15, 0.2) is 18.2 Å². The van der Waals surface area contributed by atoms with Gasteiger partial charge in [0.1, 0.15) is 5.02 Å². The molecule has 2 fully saturated rings. The van der Waals surface area contributed by atoms with Gasteiger partial charge >= 0.3 is 0 Å². The second kappa shape index (κ2) is 5.93. The Morgan fingerprint density at radius 3 is 2.48 bits per heavy atom. The first kappa shape index (κ1) is 14.8. The van der Waals surface area contributed by atoms with E-state index >= 15 is 0 Å². The smallest absolute Gasteiger partial charge is 0.288 e. The third kappa shape index (κ3) is 3.22. The largest absolute Gasteiger partial charge is 0.299 e. The molecule has 1 aliphatic heterocycles.